The van der Waals surface area contributed by atoms with Gasteiger partial charge in [-0.2, -0.15) is 0 Å². The number of allylic oxidation sites excluding steroid dienone is 12. The van der Waals surface area contributed by atoms with E-state index in [1.807, 2.05) is 0 Å². The summed E-state index contributed by atoms with van der Waals surface area (Å²) < 4.78 is 0. The third-order valence-electron chi connectivity index (χ3n) is 4.14. The van der Waals surface area contributed by atoms with Gasteiger partial charge in [-0.1, -0.05) is 44.2 Å². The Morgan fingerprint density at radius 3 is 1.95 bits per heavy atom. The lowest BCUT2D eigenvalue weighted by Crippen LogP contribution is -1.98. The molecule has 0 aromatic carbocycles. The van der Waals surface area contributed by atoms with Gasteiger partial charge in [0, 0.05) is 0 Å². The Balaban J connectivity index is 2.72. The summed E-state index contributed by atoms with van der Waals surface area (Å²) in [6, 6.07) is 0. The SMILES string of the molecule is CC1=CC=C(C)C(C)=C2C(C)=CC=C(C(C)C)C=C12. The normalized spacial score (nSPS) is 19.8. The molecule has 0 unspecified atom stereocenters. The van der Waals surface area contributed by atoms with Crippen LogP contribution in [0.2, 0.25) is 0 Å². The Labute approximate surface area is 117 Å². The van der Waals surface area contributed by atoms with E-state index in [0.29, 0.717) is 5.92 Å². The second kappa shape index (κ2) is 5.21. The highest BCUT2D eigenvalue weighted by molar-refractivity contribution is 5.66. The van der Waals surface area contributed by atoms with E-state index in [4.69, 9.17) is 0 Å². The summed E-state index contributed by atoms with van der Waals surface area (Å²) in [6.45, 7) is 13.4. The highest BCUT2D eigenvalue weighted by Gasteiger charge is 2.18. The Morgan fingerprint density at radius 2 is 1.32 bits per heavy atom. The lowest BCUT2D eigenvalue weighted by Gasteiger charge is -2.16. The summed E-state index contributed by atoms with van der Waals surface area (Å²) in [5, 5.41) is 0. The number of rotatable bonds is 1. The Morgan fingerprint density at radius 1 is 0.737 bits per heavy atom. The standard InChI is InChI=1S/C19H24/c1-12(2)17-10-9-15(5)19-16(6)13(3)7-8-14(4)18(19)11-17/h7-12H,1-6H3. The maximum atomic E-state index is 2.37. The van der Waals surface area contributed by atoms with Crippen molar-refractivity contribution in [2.75, 3.05) is 0 Å². The van der Waals surface area contributed by atoms with Crippen molar-refractivity contribution in [2.24, 2.45) is 5.92 Å². The molecule has 0 aromatic rings. The topological polar surface area (TPSA) is 0 Å². The van der Waals surface area contributed by atoms with Crippen molar-refractivity contribution in [2.45, 2.75) is 41.5 Å². The molecular formula is C19H24. The van der Waals surface area contributed by atoms with E-state index in [0.717, 1.165) is 0 Å². The van der Waals surface area contributed by atoms with Crippen molar-refractivity contribution in [1.29, 1.82) is 0 Å². The molecule has 0 spiro atoms. The van der Waals surface area contributed by atoms with Crippen molar-refractivity contribution in [1.82, 2.24) is 0 Å². The molecule has 0 atom stereocenters. The maximum absolute atomic E-state index is 2.37. The third kappa shape index (κ3) is 2.58. The van der Waals surface area contributed by atoms with Gasteiger partial charge >= 0.3 is 0 Å². The van der Waals surface area contributed by atoms with Crippen LogP contribution in [-0.4, -0.2) is 0 Å². The highest BCUT2D eigenvalue weighted by Crippen LogP contribution is 2.36. The lowest BCUT2D eigenvalue weighted by molar-refractivity contribution is 0.791. The van der Waals surface area contributed by atoms with E-state index < -0.39 is 0 Å². The molecule has 0 N–H and O–H groups in total. The van der Waals surface area contributed by atoms with Crippen LogP contribution in [0.25, 0.3) is 0 Å². The van der Waals surface area contributed by atoms with E-state index in [-0.39, 0.29) is 0 Å². The molecule has 2 aliphatic carbocycles. The number of hydrogen-bond acceptors (Lipinski definition) is 0. The van der Waals surface area contributed by atoms with Crippen LogP contribution in [0.4, 0.5) is 0 Å². The van der Waals surface area contributed by atoms with Gasteiger partial charge in [-0.25, -0.2) is 0 Å². The van der Waals surface area contributed by atoms with E-state index >= 15 is 0 Å². The fourth-order valence-corrected chi connectivity index (χ4v) is 2.63. The molecule has 0 heteroatoms. The van der Waals surface area contributed by atoms with E-state index in [9.17, 15) is 0 Å². The first kappa shape index (κ1) is 13.9. The van der Waals surface area contributed by atoms with Crippen molar-refractivity contribution in [3.05, 3.63) is 69.4 Å². The van der Waals surface area contributed by atoms with E-state index in [1.54, 1.807) is 0 Å². The van der Waals surface area contributed by atoms with Crippen LogP contribution in [-0.2, 0) is 0 Å². The number of fused-ring (bicyclic) bond motifs is 1. The maximum Gasteiger partial charge on any atom is -0.0120 e. The lowest BCUT2D eigenvalue weighted by atomic mass is 9.88. The van der Waals surface area contributed by atoms with Crippen LogP contribution in [0.3, 0.4) is 0 Å². The van der Waals surface area contributed by atoms with Gasteiger partial charge in [0.25, 0.3) is 0 Å². The molecule has 0 bridgehead atoms. The predicted molar refractivity (Wildman–Crippen MR) is 85.0 cm³/mol. The van der Waals surface area contributed by atoms with Gasteiger partial charge in [-0.3, -0.25) is 0 Å². The molecule has 2 aliphatic rings. The highest BCUT2D eigenvalue weighted by atomic mass is 14.2. The predicted octanol–water partition coefficient (Wildman–Crippen LogP) is 5.68. The summed E-state index contributed by atoms with van der Waals surface area (Å²) in [6.07, 6.45) is 11.4. The van der Waals surface area contributed by atoms with Crippen LogP contribution in [0.15, 0.2) is 69.4 Å². The molecule has 100 valence electrons. The van der Waals surface area contributed by atoms with E-state index in [2.05, 4.69) is 71.9 Å². The van der Waals surface area contributed by atoms with Crippen LogP contribution in [0.5, 0.6) is 0 Å². The van der Waals surface area contributed by atoms with Crippen LogP contribution in [0.1, 0.15) is 41.5 Å². The Hall–Kier alpha value is -1.56. The van der Waals surface area contributed by atoms with Gasteiger partial charge in [-0.05, 0) is 72.6 Å². The minimum Gasteiger partial charge on any atom is -0.0588 e. The van der Waals surface area contributed by atoms with Crippen molar-refractivity contribution in [3.8, 4) is 0 Å². The summed E-state index contributed by atoms with van der Waals surface area (Å²) in [5.41, 5.74) is 9.67. The summed E-state index contributed by atoms with van der Waals surface area (Å²) in [4.78, 5) is 0. The minimum absolute atomic E-state index is 0.557. The molecule has 0 nitrogen and oxygen atoms in total. The van der Waals surface area contributed by atoms with Crippen LogP contribution < -0.4 is 0 Å². The Kier molecular flexibility index (Phi) is 3.80. The van der Waals surface area contributed by atoms with Gasteiger partial charge in [-0.15, -0.1) is 0 Å². The molecule has 0 amide bonds. The second-order valence-corrected chi connectivity index (χ2v) is 5.93. The first-order valence-corrected chi connectivity index (χ1v) is 7.09. The van der Waals surface area contributed by atoms with E-state index in [1.165, 1.54) is 39.0 Å². The average Bonchev–Trinajstić information content (AvgIpc) is 2.58. The summed E-state index contributed by atoms with van der Waals surface area (Å²) in [5.74, 6) is 0.557. The fourth-order valence-electron chi connectivity index (χ4n) is 2.63. The van der Waals surface area contributed by atoms with Gasteiger partial charge in [0.1, 0.15) is 0 Å². The van der Waals surface area contributed by atoms with Gasteiger partial charge in [0.15, 0.2) is 0 Å². The molecule has 0 radical (unpaired) electrons. The molecule has 19 heavy (non-hydrogen) atoms. The first-order chi connectivity index (χ1) is 8.91. The zero-order valence-corrected chi connectivity index (χ0v) is 13.0. The second-order valence-electron chi connectivity index (χ2n) is 5.93. The smallest absolute Gasteiger partial charge is 0.0120 e. The molecule has 0 aliphatic heterocycles. The zero-order chi connectivity index (χ0) is 14.2. The average molecular weight is 252 g/mol. The molecule has 0 saturated carbocycles. The summed E-state index contributed by atoms with van der Waals surface area (Å²) >= 11 is 0. The molecular weight excluding hydrogens is 228 g/mol. The third-order valence-corrected chi connectivity index (χ3v) is 4.14. The van der Waals surface area contributed by atoms with Crippen LogP contribution >= 0.6 is 0 Å². The molecule has 0 saturated heterocycles. The molecule has 0 aromatic heterocycles. The fraction of sp³-hybridized carbons (Fsp3) is 0.368. The monoisotopic (exact) mass is 252 g/mol. The zero-order valence-electron chi connectivity index (χ0n) is 13.0. The van der Waals surface area contributed by atoms with Crippen molar-refractivity contribution < 1.29 is 0 Å². The van der Waals surface area contributed by atoms with Gasteiger partial charge in [0.2, 0.25) is 0 Å². The first-order valence-electron chi connectivity index (χ1n) is 7.09. The van der Waals surface area contributed by atoms with Crippen molar-refractivity contribution in [3.63, 3.8) is 0 Å². The van der Waals surface area contributed by atoms with Crippen LogP contribution in [0, 0.1) is 5.92 Å². The Bertz CT molecular complexity index is 582. The molecule has 0 fully saturated rings. The largest absolute Gasteiger partial charge is 0.0588 e. The molecule has 0 heterocycles. The number of hydrogen-bond donors (Lipinski definition) is 0. The van der Waals surface area contributed by atoms with Gasteiger partial charge < -0.3 is 0 Å². The molecule has 2 rings (SSSR count). The van der Waals surface area contributed by atoms with Gasteiger partial charge in [0.05, 0.1) is 0 Å². The quantitative estimate of drug-likeness (QED) is 0.563. The van der Waals surface area contributed by atoms with Crippen molar-refractivity contribution >= 4 is 0 Å². The summed E-state index contributed by atoms with van der Waals surface area (Å²) in [7, 11) is 0. The minimum atomic E-state index is 0.557.